The highest BCUT2D eigenvalue weighted by atomic mass is 16.5. The van der Waals surface area contributed by atoms with Gasteiger partial charge in [-0.25, -0.2) is 9.97 Å². The minimum absolute atomic E-state index is 0.385. The molecule has 4 aromatic heterocycles. The second kappa shape index (κ2) is 7.16. The van der Waals surface area contributed by atoms with Crippen molar-refractivity contribution in [3.05, 3.63) is 79.1 Å². The number of hydrogen-bond acceptors (Lipinski definition) is 6. The van der Waals surface area contributed by atoms with Gasteiger partial charge in [0.1, 0.15) is 29.0 Å². The summed E-state index contributed by atoms with van der Waals surface area (Å²) in [5, 5.41) is 14.0. The van der Waals surface area contributed by atoms with E-state index in [9.17, 15) is 5.21 Å². The number of nitrogens with zero attached hydrogens (tertiary/aromatic N) is 5. The van der Waals surface area contributed by atoms with Crippen molar-refractivity contribution in [3.8, 4) is 17.2 Å². The second-order valence-electron chi connectivity index (χ2n) is 6.52. The number of benzene rings is 1. The van der Waals surface area contributed by atoms with Crippen LogP contribution in [0.15, 0.2) is 83.3 Å². The van der Waals surface area contributed by atoms with Crippen LogP contribution in [0, 0.1) is 0 Å². The minimum Gasteiger partial charge on any atom is -0.492 e. The van der Waals surface area contributed by atoms with Crippen LogP contribution in [0.4, 0.5) is 0 Å². The Morgan fingerprint density at radius 2 is 2.14 bits per heavy atom. The standard InChI is InChI=1S/C21H17N5O3/c27-24-18-11-21(19-13-26-6-1-2-15(26)12-23-19)29-20-4-3-16(10-17(18)20)28-9-8-25-7-5-22-14-25/h1-7,10-14,27H,8-9H2. The molecule has 0 unspecified atom stereocenters. The average molecular weight is 387 g/mol. The van der Waals surface area contributed by atoms with Crippen LogP contribution >= 0.6 is 0 Å². The van der Waals surface area contributed by atoms with Gasteiger partial charge < -0.3 is 23.3 Å². The largest absolute Gasteiger partial charge is 0.492 e. The number of ether oxygens (including phenoxy) is 1. The topological polar surface area (TPSA) is 90.1 Å². The van der Waals surface area contributed by atoms with E-state index in [0.717, 1.165) is 5.52 Å². The van der Waals surface area contributed by atoms with E-state index in [1.54, 1.807) is 36.9 Å². The molecule has 0 spiro atoms. The molecule has 0 bridgehead atoms. The van der Waals surface area contributed by atoms with Crippen LogP contribution in [0.2, 0.25) is 0 Å². The molecule has 8 nitrogen and oxygen atoms in total. The molecule has 1 aromatic carbocycles. The van der Waals surface area contributed by atoms with Gasteiger partial charge in [-0.3, -0.25) is 0 Å². The van der Waals surface area contributed by atoms with Crippen LogP contribution in [0.25, 0.3) is 27.9 Å². The normalized spacial score (nSPS) is 12.1. The number of aromatic nitrogens is 4. The molecule has 4 heterocycles. The van der Waals surface area contributed by atoms with Crippen LogP contribution in [0.5, 0.6) is 5.75 Å². The summed E-state index contributed by atoms with van der Waals surface area (Å²) < 4.78 is 15.7. The summed E-state index contributed by atoms with van der Waals surface area (Å²) in [6.07, 6.45) is 10.9. The van der Waals surface area contributed by atoms with Crippen molar-refractivity contribution in [2.75, 3.05) is 6.61 Å². The van der Waals surface area contributed by atoms with E-state index in [2.05, 4.69) is 15.1 Å². The highest BCUT2D eigenvalue weighted by Crippen LogP contribution is 2.24. The van der Waals surface area contributed by atoms with Gasteiger partial charge >= 0.3 is 0 Å². The summed E-state index contributed by atoms with van der Waals surface area (Å²) in [7, 11) is 0. The van der Waals surface area contributed by atoms with Gasteiger partial charge in [-0.05, 0) is 30.3 Å². The van der Waals surface area contributed by atoms with Gasteiger partial charge in [0.15, 0.2) is 5.76 Å². The zero-order valence-corrected chi connectivity index (χ0v) is 15.3. The fourth-order valence-electron chi connectivity index (χ4n) is 3.20. The maximum atomic E-state index is 9.54. The number of hydrogen-bond donors (Lipinski definition) is 1. The molecule has 5 rings (SSSR count). The highest BCUT2D eigenvalue weighted by Gasteiger charge is 2.10. The van der Waals surface area contributed by atoms with E-state index >= 15 is 0 Å². The predicted octanol–water partition coefficient (Wildman–Crippen LogP) is 3.31. The van der Waals surface area contributed by atoms with Crippen LogP contribution in [0.3, 0.4) is 0 Å². The Labute approximate surface area is 164 Å². The van der Waals surface area contributed by atoms with Crippen molar-refractivity contribution in [3.63, 3.8) is 0 Å². The Morgan fingerprint density at radius 3 is 3.00 bits per heavy atom. The molecule has 0 saturated carbocycles. The first kappa shape index (κ1) is 17.1. The summed E-state index contributed by atoms with van der Waals surface area (Å²) in [5.74, 6) is 1.17. The first-order valence-electron chi connectivity index (χ1n) is 9.08. The fourth-order valence-corrected chi connectivity index (χ4v) is 3.20. The van der Waals surface area contributed by atoms with Gasteiger partial charge in [0.2, 0.25) is 0 Å². The van der Waals surface area contributed by atoms with Crippen LogP contribution in [-0.4, -0.2) is 30.7 Å². The van der Waals surface area contributed by atoms with E-state index in [4.69, 9.17) is 9.15 Å². The molecule has 0 aliphatic carbocycles. The van der Waals surface area contributed by atoms with Crippen molar-refractivity contribution >= 4 is 16.5 Å². The lowest BCUT2D eigenvalue weighted by Crippen LogP contribution is -2.08. The van der Waals surface area contributed by atoms with Gasteiger partial charge in [0.25, 0.3) is 0 Å². The third-order valence-corrected chi connectivity index (χ3v) is 4.66. The van der Waals surface area contributed by atoms with Crippen molar-refractivity contribution in [1.29, 1.82) is 0 Å². The molecule has 0 aliphatic rings. The van der Waals surface area contributed by atoms with E-state index in [0.29, 0.717) is 46.7 Å². The number of rotatable bonds is 5. The first-order valence-corrected chi connectivity index (χ1v) is 9.08. The second-order valence-corrected chi connectivity index (χ2v) is 6.52. The fraction of sp³-hybridized carbons (Fsp3) is 0.0952. The molecular formula is C21H17N5O3. The van der Waals surface area contributed by atoms with Crippen LogP contribution in [0.1, 0.15) is 0 Å². The Morgan fingerprint density at radius 1 is 1.17 bits per heavy atom. The molecule has 0 radical (unpaired) electrons. The molecule has 0 amide bonds. The zero-order chi connectivity index (χ0) is 19.6. The van der Waals surface area contributed by atoms with E-state index < -0.39 is 0 Å². The zero-order valence-electron chi connectivity index (χ0n) is 15.3. The molecule has 0 fully saturated rings. The Hall–Kier alpha value is -4.07. The SMILES string of the molecule is ON=c1cc(-c2cn3cccc3cn2)oc2ccc(OCCn3ccnc3)cc12. The summed E-state index contributed by atoms with van der Waals surface area (Å²) in [5.41, 5.74) is 2.20. The van der Waals surface area contributed by atoms with Gasteiger partial charge in [-0.2, -0.15) is 0 Å². The van der Waals surface area contributed by atoms with E-state index in [1.807, 2.05) is 45.8 Å². The quantitative estimate of drug-likeness (QED) is 0.369. The number of imidazole rings is 1. The molecule has 0 saturated heterocycles. The summed E-state index contributed by atoms with van der Waals surface area (Å²) in [6, 6.07) is 11.0. The molecule has 0 aliphatic heterocycles. The lowest BCUT2D eigenvalue weighted by molar-refractivity contribution is 0.298. The summed E-state index contributed by atoms with van der Waals surface area (Å²) in [6.45, 7) is 1.18. The van der Waals surface area contributed by atoms with E-state index in [1.165, 1.54) is 0 Å². The van der Waals surface area contributed by atoms with Gasteiger partial charge in [0.05, 0.1) is 30.0 Å². The summed E-state index contributed by atoms with van der Waals surface area (Å²) in [4.78, 5) is 8.45. The lowest BCUT2D eigenvalue weighted by Gasteiger charge is -2.09. The van der Waals surface area contributed by atoms with Crippen molar-refractivity contribution in [2.45, 2.75) is 6.54 Å². The highest BCUT2D eigenvalue weighted by molar-refractivity contribution is 5.79. The maximum absolute atomic E-state index is 9.54. The van der Waals surface area contributed by atoms with E-state index in [-0.39, 0.29) is 0 Å². The Balaban J connectivity index is 1.47. The molecule has 0 atom stereocenters. The summed E-state index contributed by atoms with van der Waals surface area (Å²) >= 11 is 0. The Kier molecular flexibility index (Phi) is 4.21. The van der Waals surface area contributed by atoms with Gasteiger partial charge in [-0.1, -0.05) is 5.16 Å². The molecule has 8 heteroatoms. The number of fused-ring (bicyclic) bond motifs is 2. The third kappa shape index (κ3) is 3.31. The third-order valence-electron chi connectivity index (χ3n) is 4.66. The monoisotopic (exact) mass is 387 g/mol. The molecule has 29 heavy (non-hydrogen) atoms. The lowest BCUT2D eigenvalue weighted by atomic mass is 10.2. The van der Waals surface area contributed by atoms with Crippen molar-refractivity contribution in [2.24, 2.45) is 5.16 Å². The first-order chi connectivity index (χ1) is 14.3. The van der Waals surface area contributed by atoms with Gasteiger partial charge in [0, 0.05) is 30.9 Å². The van der Waals surface area contributed by atoms with Crippen LogP contribution in [-0.2, 0) is 6.54 Å². The van der Waals surface area contributed by atoms with Crippen LogP contribution < -0.4 is 10.1 Å². The molecule has 5 aromatic rings. The molecular weight excluding hydrogens is 370 g/mol. The van der Waals surface area contributed by atoms with Crippen molar-refractivity contribution < 1.29 is 14.4 Å². The smallest absolute Gasteiger partial charge is 0.156 e. The molecule has 1 N–H and O–H groups in total. The predicted molar refractivity (Wildman–Crippen MR) is 105 cm³/mol. The minimum atomic E-state index is 0.385. The Bertz CT molecular complexity index is 1350. The van der Waals surface area contributed by atoms with Gasteiger partial charge in [-0.15, -0.1) is 0 Å². The molecule has 144 valence electrons. The maximum Gasteiger partial charge on any atom is 0.156 e. The average Bonchev–Trinajstić information content (AvgIpc) is 3.44. The van der Waals surface area contributed by atoms with Crippen molar-refractivity contribution in [1.82, 2.24) is 18.9 Å².